The van der Waals surface area contributed by atoms with Crippen LogP contribution in [0.5, 0.6) is 0 Å². The predicted octanol–water partition coefficient (Wildman–Crippen LogP) is 4.73. The van der Waals surface area contributed by atoms with Gasteiger partial charge in [-0.25, -0.2) is 0 Å². The third kappa shape index (κ3) is 2.70. The highest BCUT2D eigenvalue weighted by molar-refractivity contribution is 6.02. The van der Waals surface area contributed by atoms with Crippen molar-refractivity contribution in [3.05, 3.63) is 60.7 Å². The van der Waals surface area contributed by atoms with Gasteiger partial charge in [0.25, 0.3) is 0 Å². The van der Waals surface area contributed by atoms with Crippen molar-refractivity contribution in [2.45, 2.75) is 38.5 Å². The second-order valence-corrected chi connectivity index (χ2v) is 5.44. The quantitative estimate of drug-likeness (QED) is 0.529. The maximum absolute atomic E-state index is 12.8. The zero-order valence-electron chi connectivity index (χ0n) is 11.5. The third-order valence-corrected chi connectivity index (χ3v) is 4.22. The van der Waals surface area contributed by atoms with Crippen molar-refractivity contribution in [2.24, 2.45) is 5.41 Å². The first-order valence-electron chi connectivity index (χ1n) is 7.08. The van der Waals surface area contributed by atoms with Gasteiger partial charge in [-0.2, -0.15) is 0 Å². The zero-order chi connectivity index (χ0) is 13.7. The molecule has 19 heavy (non-hydrogen) atoms. The molecule has 1 aliphatic carbocycles. The monoisotopic (exact) mass is 254 g/mol. The lowest BCUT2D eigenvalue weighted by Gasteiger charge is -2.36. The van der Waals surface area contributed by atoms with Crippen molar-refractivity contribution in [3.63, 3.8) is 0 Å². The van der Waals surface area contributed by atoms with Crippen LogP contribution in [0.2, 0.25) is 0 Å². The van der Waals surface area contributed by atoms with E-state index in [-0.39, 0.29) is 5.41 Å². The number of aryl methyl sites for hydroxylation is 1. The number of allylic oxidation sites excluding steroid dienone is 2. The highest BCUT2D eigenvalue weighted by atomic mass is 16.1. The summed E-state index contributed by atoms with van der Waals surface area (Å²) in [5, 5.41) is 0. The Labute approximate surface area is 116 Å². The van der Waals surface area contributed by atoms with Crippen molar-refractivity contribution >= 4 is 5.78 Å². The average Bonchev–Trinajstić information content (AvgIpc) is 2.44. The Hall–Kier alpha value is -1.63. The van der Waals surface area contributed by atoms with E-state index in [1.807, 2.05) is 30.4 Å². The van der Waals surface area contributed by atoms with Crippen LogP contribution in [0, 0.1) is 5.41 Å². The minimum absolute atomic E-state index is 0.223. The van der Waals surface area contributed by atoms with E-state index in [4.69, 9.17) is 0 Å². The summed E-state index contributed by atoms with van der Waals surface area (Å²) in [7, 11) is 0. The van der Waals surface area contributed by atoms with Crippen LogP contribution < -0.4 is 0 Å². The van der Waals surface area contributed by atoms with Crippen LogP contribution in [0.15, 0.2) is 49.6 Å². The Morgan fingerprint density at radius 3 is 2.74 bits per heavy atom. The van der Waals surface area contributed by atoms with Crippen LogP contribution in [0.4, 0.5) is 0 Å². The minimum atomic E-state index is -0.223. The summed E-state index contributed by atoms with van der Waals surface area (Å²) in [6.45, 7) is 7.61. The molecular formula is C18H22O. The summed E-state index contributed by atoms with van der Waals surface area (Å²) >= 11 is 0. The third-order valence-electron chi connectivity index (χ3n) is 4.22. The molecule has 0 bridgehead atoms. The lowest BCUT2D eigenvalue weighted by atomic mass is 9.66. The van der Waals surface area contributed by atoms with E-state index in [9.17, 15) is 4.79 Å². The van der Waals surface area contributed by atoms with Gasteiger partial charge in [0.2, 0.25) is 0 Å². The summed E-state index contributed by atoms with van der Waals surface area (Å²) in [5.74, 6) is 0.318. The summed E-state index contributed by atoms with van der Waals surface area (Å²) in [5.41, 5.74) is 1.91. The van der Waals surface area contributed by atoms with Gasteiger partial charge >= 0.3 is 0 Å². The summed E-state index contributed by atoms with van der Waals surface area (Å²) in [6.07, 6.45) is 9.53. The largest absolute Gasteiger partial charge is 0.294 e. The van der Waals surface area contributed by atoms with Crippen LogP contribution in [-0.4, -0.2) is 5.78 Å². The van der Waals surface area contributed by atoms with Crippen LogP contribution >= 0.6 is 0 Å². The van der Waals surface area contributed by atoms with E-state index in [2.05, 4.69) is 19.2 Å². The molecular weight excluding hydrogens is 232 g/mol. The second-order valence-electron chi connectivity index (χ2n) is 5.44. The van der Waals surface area contributed by atoms with E-state index in [0.717, 1.165) is 44.1 Å². The highest BCUT2D eigenvalue weighted by Crippen LogP contribution is 2.42. The van der Waals surface area contributed by atoms with Gasteiger partial charge in [0, 0.05) is 11.0 Å². The molecule has 1 unspecified atom stereocenters. The topological polar surface area (TPSA) is 17.1 Å². The molecule has 100 valence electrons. The number of hydrogen-bond donors (Lipinski definition) is 0. The van der Waals surface area contributed by atoms with Crippen molar-refractivity contribution < 1.29 is 4.79 Å². The van der Waals surface area contributed by atoms with E-state index in [1.165, 1.54) is 5.56 Å². The van der Waals surface area contributed by atoms with E-state index in [1.54, 1.807) is 0 Å². The molecule has 0 N–H and O–H groups in total. The van der Waals surface area contributed by atoms with E-state index >= 15 is 0 Å². The molecule has 1 aromatic rings. The Kier molecular flexibility index (Phi) is 4.36. The van der Waals surface area contributed by atoms with E-state index < -0.39 is 0 Å². The summed E-state index contributed by atoms with van der Waals surface area (Å²) < 4.78 is 0. The Balaban J connectivity index is 2.27. The molecule has 0 spiro atoms. The van der Waals surface area contributed by atoms with Crippen LogP contribution in [0.25, 0.3) is 0 Å². The first-order chi connectivity index (χ1) is 9.23. The lowest BCUT2D eigenvalue weighted by Crippen LogP contribution is -2.35. The SMILES string of the molecule is C=CCCCC1(CC=C)CCc2ccccc2C1=O. The molecule has 1 aromatic carbocycles. The Bertz CT molecular complexity index is 486. The molecule has 0 heterocycles. The molecule has 0 aliphatic heterocycles. The van der Waals surface area contributed by atoms with Crippen LogP contribution in [-0.2, 0) is 6.42 Å². The molecule has 2 rings (SSSR count). The summed E-state index contributed by atoms with van der Waals surface area (Å²) in [6, 6.07) is 8.03. The van der Waals surface area contributed by atoms with Crippen molar-refractivity contribution in [3.8, 4) is 0 Å². The number of hydrogen-bond acceptors (Lipinski definition) is 1. The first kappa shape index (κ1) is 13.8. The van der Waals surface area contributed by atoms with Crippen LogP contribution in [0.3, 0.4) is 0 Å². The molecule has 0 saturated carbocycles. The van der Waals surface area contributed by atoms with Crippen molar-refractivity contribution in [2.75, 3.05) is 0 Å². The second kappa shape index (κ2) is 6.01. The van der Waals surface area contributed by atoms with Gasteiger partial charge in [-0.15, -0.1) is 13.2 Å². The zero-order valence-corrected chi connectivity index (χ0v) is 11.5. The van der Waals surface area contributed by atoms with E-state index in [0.29, 0.717) is 5.78 Å². The smallest absolute Gasteiger partial charge is 0.169 e. The van der Waals surface area contributed by atoms with Gasteiger partial charge in [-0.1, -0.05) is 36.4 Å². The van der Waals surface area contributed by atoms with Gasteiger partial charge in [0.05, 0.1) is 0 Å². The van der Waals surface area contributed by atoms with Gasteiger partial charge in [-0.05, 0) is 44.1 Å². The highest BCUT2D eigenvalue weighted by Gasteiger charge is 2.40. The van der Waals surface area contributed by atoms with Crippen molar-refractivity contribution in [1.82, 2.24) is 0 Å². The molecule has 1 heteroatoms. The number of benzene rings is 1. The summed E-state index contributed by atoms with van der Waals surface area (Å²) in [4.78, 5) is 12.8. The number of ketones is 1. The number of carbonyl (C=O) groups is 1. The minimum Gasteiger partial charge on any atom is -0.294 e. The number of rotatable bonds is 6. The van der Waals surface area contributed by atoms with Gasteiger partial charge < -0.3 is 0 Å². The number of Topliss-reactive ketones (excluding diaryl/α,β-unsaturated/α-hetero) is 1. The Morgan fingerprint density at radius 2 is 2.00 bits per heavy atom. The number of carbonyl (C=O) groups excluding carboxylic acids is 1. The fourth-order valence-corrected chi connectivity index (χ4v) is 3.13. The molecule has 1 aliphatic rings. The molecule has 1 atom stereocenters. The van der Waals surface area contributed by atoms with Crippen molar-refractivity contribution in [1.29, 1.82) is 0 Å². The first-order valence-corrected chi connectivity index (χ1v) is 7.08. The standard InChI is InChI=1S/C18H22O/c1-3-5-8-13-18(12-4-2)14-11-15-9-6-7-10-16(15)17(18)19/h3-4,6-7,9-10H,1-2,5,8,11-14H2. The van der Waals surface area contributed by atoms with Gasteiger partial charge in [0.1, 0.15) is 0 Å². The molecule has 0 saturated heterocycles. The molecule has 0 aromatic heterocycles. The molecule has 1 nitrogen and oxygen atoms in total. The maximum atomic E-state index is 12.8. The molecule has 0 fully saturated rings. The maximum Gasteiger partial charge on any atom is 0.169 e. The average molecular weight is 254 g/mol. The fraction of sp³-hybridized carbons (Fsp3) is 0.389. The number of fused-ring (bicyclic) bond motifs is 1. The fourth-order valence-electron chi connectivity index (χ4n) is 3.13. The van der Waals surface area contributed by atoms with Gasteiger partial charge in [-0.3, -0.25) is 4.79 Å². The predicted molar refractivity (Wildman–Crippen MR) is 80.4 cm³/mol. The van der Waals surface area contributed by atoms with Gasteiger partial charge in [0.15, 0.2) is 5.78 Å². The molecule has 0 radical (unpaired) electrons. The Morgan fingerprint density at radius 1 is 1.21 bits per heavy atom. The number of unbranched alkanes of at least 4 members (excludes halogenated alkanes) is 1. The lowest BCUT2D eigenvalue weighted by molar-refractivity contribution is 0.0738. The molecule has 0 amide bonds. The normalized spacial score (nSPS) is 21.8. The van der Waals surface area contributed by atoms with Crippen LogP contribution in [0.1, 0.15) is 48.0 Å².